The Morgan fingerprint density at radius 3 is 2.76 bits per heavy atom. The Labute approximate surface area is 149 Å². The van der Waals surface area contributed by atoms with Crippen LogP contribution in [0.3, 0.4) is 0 Å². The molecule has 3 rings (SSSR count). The fraction of sp³-hybridized carbons (Fsp3) is 0. The van der Waals surface area contributed by atoms with Crippen LogP contribution in [0.5, 0.6) is 0 Å². The standard InChI is InChI=1S/C17H11BrFN3O3/c18-11-4-5-14-10(6-11)8-13(17(24)25-14)15(20)21-22-16(23)9-2-1-3-12(19)7-9/h1-8H,(H2,20,21)(H,22,23). The molecule has 0 spiro atoms. The van der Waals surface area contributed by atoms with E-state index >= 15 is 0 Å². The van der Waals surface area contributed by atoms with Gasteiger partial charge in [-0.3, -0.25) is 4.79 Å². The van der Waals surface area contributed by atoms with Crippen LogP contribution in [0.25, 0.3) is 11.0 Å². The zero-order valence-electron chi connectivity index (χ0n) is 12.6. The van der Waals surface area contributed by atoms with Gasteiger partial charge in [0.2, 0.25) is 0 Å². The zero-order valence-corrected chi connectivity index (χ0v) is 14.2. The van der Waals surface area contributed by atoms with Crippen LogP contribution in [0.15, 0.2) is 67.3 Å². The van der Waals surface area contributed by atoms with Crippen LogP contribution in [0.1, 0.15) is 15.9 Å². The summed E-state index contributed by atoms with van der Waals surface area (Å²) < 4.78 is 19.1. The summed E-state index contributed by atoms with van der Waals surface area (Å²) in [5.41, 5.74) is 7.74. The molecule has 126 valence electrons. The van der Waals surface area contributed by atoms with E-state index in [0.717, 1.165) is 10.5 Å². The molecule has 0 radical (unpaired) electrons. The Balaban J connectivity index is 1.89. The number of hydrazone groups is 1. The van der Waals surface area contributed by atoms with E-state index in [9.17, 15) is 14.0 Å². The summed E-state index contributed by atoms with van der Waals surface area (Å²) in [6.07, 6.45) is 0. The number of nitrogens with one attached hydrogen (secondary N) is 1. The number of hydrogen-bond donors (Lipinski definition) is 2. The number of nitrogens with zero attached hydrogens (tertiary/aromatic N) is 1. The largest absolute Gasteiger partial charge is 0.422 e. The van der Waals surface area contributed by atoms with Crippen LogP contribution < -0.4 is 16.8 Å². The quantitative estimate of drug-likeness (QED) is 0.304. The second kappa shape index (κ2) is 6.86. The van der Waals surface area contributed by atoms with Gasteiger partial charge in [0.15, 0.2) is 5.84 Å². The number of benzene rings is 2. The van der Waals surface area contributed by atoms with Crippen LogP contribution >= 0.6 is 15.9 Å². The van der Waals surface area contributed by atoms with E-state index < -0.39 is 17.3 Å². The Kier molecular flexibility index (Phi) is 4.62. The second-order valence-electron chi connectivity index (χ2n) is 5.08. The fourth-order valence-corrected chi connectivity index (χ4v) is 2.52. The maximum atomic E-state index is 13.1. The molecule has 8 heteroatoms. The van der Waals surface area contributed by atoms with E-state index in [1.165, 1.54) is 24.3 Å². The third-order valence-electron chi connectivity index (χ3n) is 3.33. The maximum Gasteiger partial charge on any atom is 0.347 e. The van der Waals surface area contributed by atoms with E-state index in [1.54, 1.807) is 18.2 Å². The van der Waals surface area contributed by atoms with E-state index in [4.69, 9.17) is 10.2 Å². The highest BCUT2D eigenvalue weighted by molar-refractivity contribution is 9.10. The normalized spacial score (nSPS) is 11.5. The molecule has 6 nitrogen and oxygen atoms in total. The van der Waals surface area contributed by atoms with Crippen molar-refractivity contribution in [3.05, 3.63) is 80.4 Å². The number of fused-ring (bicyclic) bond motifs is 1. The highest BCUT2D eigenvalue weighted by Crippen LogP contribution is 2.19. The molecule has 1 amide bonds. The van der Waals surface area contributed by atoms with Gasteiger partial charge in [-0.15, -0.1) is 0 Å². The molecule has 1 heterocycles. The van der Waals surface area contributed by atoms with Crippen LogP contribution in [0.4, 0.5) is 4.39 Å². The molecule has 2 aromatic carbocycles. The molecular weight excluding hydrogens is 393 g/mol. The minimum absolute atomic E-state index is 0.00476. The number of nitrogens with two attached hydrogens (primary N) is 1. The van der Waals surface area contributed by atoms with Gasteiger partial charge in [0.25, 0.3) is 5.91 Å². The number of hydrogen-bond acceptors (Lipinski definition) is 4. The molecule has 3 aromatic rings. The van der Waals surface area contributed by atoms with Crippen molar-refractivity contribution in [1.82, 2.24) is 5.43 Å². The summed E-state index contributed by atoms with van der Waals surface area (Å²) in [6.45, 7) is 0. The Morgan fingerprint density at radius 2 is 2.00 bits per heavy atom. The lowest BCUT2D eigenvalue weighted by atomic mass is 10.2. The Morgan fingerprint density at radius 1 is 1.20 bits per heavy atom. The van der Waals surface area contributed by atoms with Crippen molar-refractivity contribution >= 4 is 38.6 Å². The van der Waals surface area contributed by atoms with E-state index in [1.807, 2.05) is 0 Å². The van der Waals surface area contributed by atoms with Crippen LogP contribution in [-0.2, 0) is 0 Å². The molecule has 0 atom stereocenters. The highest BCUT2D eigenvalue weighted by Gasteiger charge is 2.11. The Hall–Kier alpha value is -3.00. The van der Waals surface area contributed by atoms with E-state index in [0.29, 0.717) is 11.0 Å². The number of amides is 1. The smallest absolute Gasteiger partial charge is 0.347 e. The van der Waals surface area contributed by atoms with E-state index in [2.05, 4.69) is 26.5 Å². The fourth-order valence-electron chi connectivity index (χ4n) is 2.14. The lowest BCUT2D eigenvalue weighted by Crippen LogP contribution is -2.27. The lowest BCUT2D eigenvalue weighted by Gasteiger charge is -2.04. The molecule has 0 unspecified atom stereocenters. The topological polar surface area (TPSA) is 97.7 Å². The van der Waals surface area contributed by atoms with Crippen LogP contribution in [0, 0.1) is 5.82 Å². The molecule has 0 aliphatic rings. The number of rotatable bonds is 3. The van der Waals surface area contributed by atoms with Crippen molar-refractivity contribution in [3.63, 3.8) is 0 Å². The predicted molar refractivity (Wildman–Crippen MR) is 94.8 cm³/mol. The average Bonchev–Trinajstić information content (AvgIpc) is 2.59. The molecule has 0 fully saturated rings. The summed E-state index contributed by atoms with van der Waals surface area (Å²) >= 11 is 3.33. The number of carbonyl (C=O) groups excluding carboxylic acids is 1. The second-order valence-corrected chi connectivity index (χ2v) is 5.99. The van der Waals surface area contributed by atoms with Crippen molar-refractivity contribution in [2.75, 3.05) is 0 Å². The molecule has 0 aliphatic heterocycles. The summed E-state index contributed by atoms with van der Waals surface area (Å²) in [7, 11) is 0. The molecule has 3 N–H and O–H groups in total. The van der Waals surface area contributed by atoms with Gasteiger partial charge in [-0.2, -0.15) is 5.10 Å². The van der Waals surface area contributed by atoms with E-state index in [-0.39, 0.29) is 17.0 Å². The number of halogens is 2. The minimum atomic E-state index is -0.684. The van der Waals surface area contributed by atoms with Crippen molar-refractivity contribution < 1.29 is 13.6 Å². The SMILES string of the molecule is NC(=NNC(=O)c1cccc(F)c1)c1cc2cc(Br)ccc2oc1=O. The molecule has 0 bridgehead atoms. The van der Waals surface area contributed by atoms with Gasteiger partial charge in [0.05, 0.1) is 0 Å². The molecule has 25 heavy (non-hydrogen) atoms. The molecule has 0 aliphatic carbocycles. The van der Waals surface area contributed by atoms with Crippen LogP contribution in [0.2, 0.25) is 0 Å². The minimum Gasteiger partial charge on any atom is -0.422 e. The molecular formula is C17H11BrFN3O3. The third-order valence-corrected chi connectivity index (χ3v) is 3.83. The van der Waals surface area contributed by atoms with Crippen molar-refractivity contribution in [3.8, 4) is 0 Å². The average molecular weight is 404 g/mol. The molecule has 0 saturated heterocycles. The molecule has 0 saturated carbocycles. The van der Waals surface area contributed by atoms with Gasteiger partial charge < -0.3 is 10.2 Å². The van der Waals surface area contributed by atoms with Gasteiger partial charge in [-0.1, -0.05) is 22.0 Å². The number of amidine groups is 1. The first-order valence-corrected chi connectivity index (χ1v) is 7.86. The molecule has 1 aromatic heterocycles. The van der Waals surface area contributed by atoms with Crippen molar-refractivity contribution in [2.45, 2.75) is 0 Å². The van der Waals surface area contributed by atoms with Gasteiger partial charge in [-0.05, 0) is 42.5 Å². The highest BCUT2D eigenvalue weighted by atomic mass is 79.9. The van der Waals surface area contributed by atoms with Crippen molar-refractivity contribution in [1.29, 1.82) is 0 Å². The summed E-state index contributed by atoms with van der Waals surface area (Å²) in [5.74, 6) is -1.43. The van der Waals surface area contributed by atoms with Gasteiger partial charge in [-0.25, -0.2) is 14.6 Å². The first kappa shape index (κ1) is 16.8. The van der Waals surface area contributed by atoms with Crippen molar-refractivity contribution in [2.24, 2.45) is 10.8 Å². The van der Waals surface area contributed by atoms with Gasteiger partial charge in [0, 0.05) is 15.4 Å². The van der Waals surface area contributed by atoms with Crippen LogP contribution in [-0.4, -0.2) is 11.7 Å². The summed E-state index contributed by atoms with van der Waals surface area (Å²) in [5, 5.41) is 4.33. The first-order chi connectivity index (χ1) is 11.9. The first-order valence-electron chi connectivity index (χ1n) is 7.07. The predicted octanol–water partition coefficient (Wildman–Crippen LogP) is 2.74. The number of carbonyl (C=O) groups is 1. The van der Waals surface area contributed by atoms with Gasteiger partial charge >= 0.3 is 5.63 Å². The maximum absolute atomic E-state index is 13.1. The third kappa shape index (κ3) is 3.74. The Bertz CT molecular complexity index is 1060. The lowest BCUT2D eigenvalue weighted by molar-refractivity contribution is 0.0954. The zero-order chi connectivity index (χ0) is 18.0. The van der Waals surface area contributed by atoms with Gasteiger partial charge in [0.1, 0.15) is 17.0 Å². The monoisotopic (exact) mass is 403 g/mol. The summed E-state index contributed by atoms with van der Waals surface area (Å²) in [4.78, 5) is 23.9. The summed E-state index contributed by atoms with van der Waals surface area (Å²) in [6, 6.07) is 11.7.